The van der Waals surface area contributed by atoms with Gasteiger partial charge in [0, 0.05) is 32.8 Å². The Hall–Kier alpha value is -0.780. The number of nitrogens with two attached hydrogens (primary N) is 1. The van der Waals surface area contributed by atoms with Crippen molar-refractivity contribution in [3.8, 4) is 10.7 Å². The minimum Gasteiger partial charge on any atom is -0.324 e. The SMILES string of the molecule is Cc1sc(-c2ncc3c(n2)CCCC3N)cc1Br. The number of halogens is 1. The topological polar surface area (TPSA) is 51.8 Å². The molecule has 2 aromatic rings. The fourth-order valence-electron chi connectivity index (χ4n) is 2.27. The Labute approximate surface area is 119 Å². The van der Waals surface area contributed by atoms with Gasteiger partial charge in [0.05, 0.1) is 4.88 Å². The molecule has 0 aliphatic heterocycles. The highest BCUT2D eigenvalue weighted by Crippen LogP contribution is 2.34. The van der Waals surface area contributed by atoms with Gasteiger partial charge in [0.1, 0.15) is 0 Å². The summed E-state index contributed by atoms with van der Waals surface area (Å²) in [5.41, 5.74) is 8.33. The van der Waals surface area contributed by atoms with Crippen LogP contribution in [0.2, 0.25) is 0 Å². The zero-order valence-electron chi connectivity index (χ0n) is 10.1. The van der Waals surface area contributed by atoms with E-state index in [0.717, 1.165) is 45.7 Å². The van der Waals surface area contributed by atoms with Gasteiger partial charge in [-0.3, -0.25) is 0 Å². The van der Waals surface area contributed by atoms with Crippen molar-refractivity contribution in [2.45, 2.75) is 32.2 Å². The second-order valence-corrected chi connectivity index (χ2v) is 6.72. The summed E-state index contributed by atoms with van der Waals surface area (Å²) in [6.07, 6.45) is 5.09. The smallest absolute Gasteiger partial charge is 0.169 e. The molecule has 2 aromatic heterocycles. The lowest BCUT2D eigenvalue weighted by Crippen LogP contribution is -2.19. The van der Waals surface area contributed by atoms with Crippen molar-refractivity contribution in [3.63, 3.8) is 0 Å². The van der Waals surface area contributed by atoms with Gasteiger partial charge in [-0.05, 0) is 48.2 Å². The van der Waals surface area contributed by atoms with Crippen LogP contribution in [-0.2, 0) is 6.42 Å². The van der Waals surface area contributed by atoms with Crippen LogP contribution in [0.25, 0.3) is 10.7 Å². The van der Waals surface area contributed by atoms with Gasteiger partial charge in [0.25, 0.3) is 0 Å². The Morgan fingerprint density at radius 1 is 1.50 bits per heavy atom. The van der Waals surface area contributed by atoms with E-state index in [4.69, 9.17) is 5.73 Å². The van der Waals surface area contributed by atoms with Gasteiger partial charge in [-0.2, -0.15) is 0 Å². The summed E-state index contributed by atoms with van der Waals surface area (Å²) in [5, 5.41) is 0. The van der Waals surface area contributed by atoms with E-state index >= 15 is 0 Å². The number of aromatic nitrogens is 2. The van der Waals surface area contributed by atoms with Crippen molar-refractivity contribution in [1.82, 2.24) is 9.97 Å². The molecule has 2 N–H and O–H groups in total. The predicted molar refractivity (Wildman–Crippen MR) is 77.6 cm³/mol. The fraction of sp³-hybridized carbons (Fsp3) is 0.385. The van der Waals surface area contributed by atoms with E-state index in [-0.39, 0.29) is 6.04 Å². The molecular weight excluding hydrogens is 310 g/mol. The number of hydrogen-bond donors (Lipinski definition) is 1. The van der Waals surface area contributed by atoms with Gasteiger partial charge < -0.3 is 5.73 Å². The second-order valence-electron chi connectivity index (χ2n) is 4.61. The molecule has 94 valence electrons. The summed E-state index contributed by atoms with van der Waals surface area (Å²) in [4.78, 5) is 11.5. The van der Waals surface area contributed by atoms with Crippen molar-refractivity contribution in [3.05, 3.63) is 32.9 Å². The highest BCUT2D eigenvalue weighted by molar-refractivity contribution is 9.10. The van der Waals surface area contributed by atoms with E-state index in [9.17, 15) is 0 Å². The van der Waals surface area contributed by atoms with E-state index in [1.165, 1.54) is 4.88 Å². The second kappa shape index (κ2) is 4.72. The molecule has 3 nitrogen and oxygen atoms in total. The maximum atomic E-state index is 6.08. The number of hydrogen-bond acceptors (Lipinski definition) is 4. The maximum Gasteiger partial charge on any atom is 0.169 e. The number of aryl methyl sites for hydroxylation is 2. The number of fused-ring (bicyclic) bond motifs is 1. The predicted octanol–water partition coefficient (Wildman–Crippen LogP) is 3.61. The average molecular weight is 324 g/mol. The minimum absolute atomic E-state index is 0.111. The molecule has 0 amide bonds. The lowest BCUT2D eigenvalue weighted by molar-refractivity contribution is 0.557. The summed E-state index contributed by atoms with van der Waals surface area (Å²) in [6.45, 7) is 2.09. The van der Waals surface area contributed by atoms with Crippen molar-refractivity contribution >= 4 is 27.3 Å². The molecule has 1 atom stereocenters. The molecule has 0 saturated carbocycles. The van der Waals surface area contributed by atoms with Gasteiger partial charge in [-0.25, -0.2) is 9.97 Å². The molecule has 3 rings (SSSR count). The Kier molecular flexibility index (Phi) is 3.21. The number of nitrogens with zero attached hydrogens (tertiary/aromatic N) is 2. The molecule has 1 unspecified atom stereocenters. The molecule has 0 saturated heterocycles. The first-order valence-electron chi connectivity index (χ1n) is 6.03. The van der Waals surface area contributed by atoms with Gasteiger partial charge >= 0.3 is 0 Å². The number of rotatable bonds is 1. The Balaban J connectivity index is 2.04. The molecular formula is C13H14BrN3S. The molecule has 5 heteroatoms. The van der Waals surface area contributed by atoms with E-state index in [1.54, 1.807) is 11.3 Å². The lowest BCUT2D eigenvalue weighted by Gasteiger charge is -2.20. The summed E-state index contributed by atoms with van der Waals surface area (Å²) in [7, 11) is 0. The van der Waals surface area contributed by atoms with Crippen LogP contribution in [0.15, 0.2) is 16.7 Å². The molecule has 0 aromatic carbocycles. The van der Waals surface area contributed by atoms with Crippen LogP contribution >= 0.6 is 27.3 Å². The van der Waals surface area contributed by atoms with Crippen molar-refractivity contribution in [1.29, 1.82) is 0 Å². The summed E-state index contributed by atoms with van der Waals surface area (Å²) < 4.78 is 1.13. The average Bonchev–Trinajstić information content (AvgIpc) is 2.70. The zero-order valence-corrected chi connectivity index (χ0v) is 12.5. The molecule has 0 fully saturated rings. The highest BCUT2D eigenvalue weighted by atomic mass is 79.9. The van der Waals surface area contributed by atoms with E-state index in [1.807, 2.05) is 6.20 Å². The van der Waals surface area contributed by atoms with Crippen LogP contribution in [0.5, 0.6) is 0 Å². The third-order valence-corrected chi connectivity index (χ3v) is 5.44. The molecule has 18 heavy (non-hydrogen) atoms. The van der Waals surface area contributed by atoms with Crippen LogP contribution < -0.4 is 5.73 Å². The Morgan fingerprint density at radius 2 is 2.33 bits per heavy atom. The van der Waals surface area contributed by atoms with Crippen molar-refractivity contribution in [2.75, 3.05) is 0 Å². The normalized spacial score (nSPS) is 18.7. The van der Waals surface area contributed by atoms with Gasteiger partial charge in [0.2, 0.25) is 0 Å². The third kappa shape index (κ3) is 2.11. The molecule has 1 aliphatic carbocycles. The Bertz CT molecular complexity index is 574. The zero-order chi connectivity index (χ0) is 12.7. The lowest BCUT2D eigenvalue weighted by atomic mass is 9.93. The van der Waals surface area contributed by atoms with Crippen LogP contribution in [0.4, 0.5) is 0 Å². The minimum atomic E-state index is 0.111. The van der Waals surface area contributed by atoms with Gasteiger partial charge in [-0.1, -0.05) is 0 Å². The first kappa shape index (κ1) is 12.3. The number of thiophene rings is 1. The first-order valence-corrected chi connectivity index (χ1v) is 7.64. The van der Waals surface area contributed by atoms with E-state index in [0.29, 0.717) is 0 Å². The summed E-state index contributed by atoms with van der Waals surface area (Å²) in [6, 6.07) is 2.20. The molecule has 0 bridgehead atoms. The highest BCUT2D eigenvalue weighted by Gasteiger charge is 2.19. The standard InChI is InChI=1S/C13H14BrN3S/c1-7-9(14)5-12(18-7)13-16-6-8-10(15)3-2-4-11(8)17-13/h5-6,10H,2-4,15H2,1H3. The largest absolute Gasteiger partial charge is 0.324 e. The van der Waals surface area contributed by atoms with Crippen LogP contribution in [0, 0.1) is 6.92 Å². The maximum absolute atomic E-state index is 6.08. The first-order chi connectivity index (χ1) is 8.65. The van der Waals surface area contributed by atoms with E-state index < -0.39 is 0 Å². The molecule has 1 aliphatic rings. The molecule has 2 heterocycles. The fourth-order valence-corrected chi connectivity index (χ4v) is 3.75. The van der Waals surface area contributed by atoms with Crippen molar-refractivity contribution in [2.24, 2.45) is 5.73 Å². The van der Waals surface area contributed by atoms with Gasteiger partial charge in [-0.15, -0.1) is 11.3 Å². The van der Waals surface area contributed by atoms with Crippen LogP contribution in [0.1, 0.15) is 35.0 Å². The summed E-state index contributed by atoms with van der Waals surface area (Å²) in [5.74, 6) is 0.821. The Morgan fingerprint density at radius 3 is 3.06 bits per heavy atom. The summed E-state index contributed by atoms with van der Waals surface area (Å²) >= 11 is 5.25. The monoisotopic (exact) mass is 323 g/mol. The van der Waals surface area contributed by atoms with Crippen molar-refractivity contribution < 1.29 is 0 Å². The van der Waals surface area contributed by atoms with Gasteiger partial charge in [0.15, 0.2) is 5.82 Å². The van der Waals surface area contributed by atoms with E-state index in [2.05, 4.69) is 38.9 Å². The van der Waals surface area contributed by atoms with Crippen LogP contribution in [-0.4, -0.2) is 9.97 Å². The molecule has 0 radical (unpaired) electrons. The quantitative estimate of drug-likeness (QED) is 0.872. The third-order valence-electron chi connectivity index (χ3n) is 3.31. The molecule has 0 spiro atoms. The van der Waals surface area contributed by atoms with Crippen LogP contribution in [0.3, 0.4) is 0 Å².